The largest absolute Gasteiger partial charge is 0.312 e. The van der Waals surface area contributed by atoms with Gasteiger partial charge in [0.2, 0.25) is 0 Å². The third kappa shape index (κ3) is 2.07. The van der Waals surface area contributed by atoms with Crippen LogP contribution in [0.2, 0.25) is 0 Å². The average Bonchev–Trinajstić information content (AvgIpc) is 3.00. The van der Waals surface area contributed by atoms with E-state index in [1.165, 1.54) is 57.9 Å². The van der Waals surface area contributed by atoms with Crippen molar-refractivity contribution in [3.05, 3.63) is 0 Å². The molecule has 1 unspecified atom stereocenters. The Morgan fingerprint density at radius 1 is 1.05 bits per heavy atom. The minimum absolute atomic E-state index is 0.514. The maximum absolute atomic E-state index is 4.08. The van der Waals surface area contributed by atoms with Crippen molar-refractivity contribution in [1.29, 1.82) is 0 Å². The highest BCUT2D eigenvalue weighted by atomic mass is 15.0. The van der Waals surface area contributed by atoms with Crippen molar-refractivity contribution in [2.45, 2.75) is 85.1 Å². The first-order chi connectivity index (χ1) is 8.92. The highest BCUT2D eigenvalue weighted by Gasteiger charge is 2.59. The van der Waals surface area contributed by atoms with Gasteiger partial charge in [-0.3, -0.25) is 0 Å². The molecule has 0 aliphatic heterocycles. The van der Waals surface area contributed by atoms with Gasteiger partial charge in [0.05, 0.1) is 0 Å². The monoisotopic (exact) mass is 263 g/mol. The van der Waals surface area contributed by atoms with Gasteiger partial charge in [0.25, 0.3) is 0 Å². The minimum Gasteiger partial charge on any atom is -0.312 e. The van der Waals surface area contributed by atoms with Crippen LogP contribution in [0, 0.1) is 22.2 Å². The fraction of sp³-hybridized carbons (Fsp3) is 1.00. The fourth-order valence-electron chi connectivity index (χ4n) is 5.91. The lowest BCUT2D eigenvalue weighted by atomic mass is 9.68. The van der Waals surface area contributed by atoms with Gasteiger partial charge in [-0.05, 0) is 60.7 Å². The zero-order chi connectivity index (χ0) is 13.7. The molecule has 3 atom stereocenters. The molecule has 3 fully saturated rings. The van der Waals surface area contributed by atoms with Crippen molar-refractivity contribution in [3.8, 4) is 0 Å². The highest BCUT2D eigenvalue weighted by molar-refractivity contribution is 5.12. The van der Waals surface area contributed by atoms with Crippen molar-refractivity contribution < 1.29 is 0 Å². The van der Waals surface area contributed by atoms with Crippen molar-refractivity contribution in [1.82, 2.24) is 5.32 Å². The summed E-state index contributed by atoms with van der Waals surface area (Å²) in [5.41, 5.74) is 1.73. The van der Waals surface area contributed by atoms with Crippen LogP contribution in [0.4, 0.5) is 0 Å². The third-order valence-electron chi connectivity index (χ3n) is 7.37. The number of hydrogen-bond donors (Lipinski definition) is 1. The molecule has 0 saturated heterocycles. The normalized spacial score (nSPS) is 42.9. The first-order valence-corrected chi connectivity index (χ1v) is 8.65. The number of nitrogens with one attached hydrogen (secondary N) is 1. The predicted molar refractivity (Wildman–Crippen MR) is 82.2 cm³/mol. The van der Waals surface area contributed by atoms with E-state index in [0.29, 0.717) is 16.2 Å². The van der Waals surface area contributed by atoms with Crippen LogP contribution in [-0.4, -0.2) is 12.6 Å². The number of fused-ring (bicyclic) bond motifs is 2. The zero-order valence-electron chi connectivity index (χ0n) is 13.5. The second kappa shape index (κ2) is 4.48. The van der Waals surface area contributed by atoms with Gasteiger partial charge in [0.15, 0.2) is 0 Å². The maximum Gasteiger partial charge on any atom is 0.0175 e. The third-order valence-corrected chi connectivity index (χ3v) is 7.37. The van der Waals surface area contributed by atoms with Gasteiger partial charge >= 0.3 is 0 Å². The van der Waals surface area contributed by atoms with Crippen LogP contribution < -0.4 is 5.32 Å². The summed E-state index contributed by atoms with van der Waals surface area (Å²) in [5, 5.41) is 4.08. The van der Waals surface area contributed by atoms with Gasteiger partial charge in [-0.25, -0.2) is 0 Å². The summed E-state index contributed by atoms with van der Waals surface area (Å²) in [6, 6.07) is 0.753. The maximum atomic E-state index is 4.08. The van der Waals surface area contributed by atoms with Gasteiger partial charge in [-0.1, -0.05) is 40.5 Å². The van der Waals surface area contributed by atoms with Crippen LogP contribution in [0.15, 0.2) is 0 Å². The molecule has 19 heavy (non-hydrogen) atoms. The van der Waals surface area contributed by atoms with E-state index >= 15 is 0 Å². The molecule has 1 heteroatoms. The van der Waals surface area contributed by atoms with Gasteiger partial charge in [-0.2, -0.15) is 0 Å². The van der Waals surface area contributed by atoms with Crippen LogP contribution in [0.25, 0.3) is 0 Å². The molecular weight excluding hydrogens is 230 g/mol. The van der Waals surface area contributed by atoms with Crippen LogP contribution >= 0.6 is 0 Å². The van der Waals surface area contributed by atoms with E-state index in [-0.39, 0.29) is 0 Å². The van der Waals surface area contributed by atoms with Crippen LogP contribution in [0.5, 0.6) is 0 Å². The first kappa shape index (κ1) is 13.9. The second-order valence-electron chi connectivity index (χ2n) is 8.79. The standard InChI is InChI=1S/C18H33N/c1-5-18(9-6-7-10-18)13-19-15-16(2,3)14-8-11-17(15,4)12-14/h14-15,19H,5-13H2,1-4H3/t14-,15?,17+/m0/s1. The summed E-state index contributed by atoms with van der Waals surface area (Å²) in [5.74, 6) is 0.969. The number of hydrogen-bond acceptors (Lipinski definition) is 1. The molecule has 110 valence electrons. The Balaban J connectivity index is 1.69. The molecule has 0 amide bonds. The fourth-order valence-corrected chi connectivity index (χ4v) is 5.91. The smallest absolute Gasteiger partial charge is 0.0175 e. The molecule has 3 aliphatic carbocycles. The van der Waals surface area contributed by atoms with Crippen molar-refractivity contribution in [3.63, 3.8) is 0 Å². The van der Waals surface area contributed by atoms with Gasteiger partial charge < -0.3 is 5.32 Å². The molecule has 0 heterocycles. The van der Waals surface area contributed by atoms with E-state index in [4.69, 9.17) is 0 Å². The Bertz CT molecular complexity index is 335. The quantitative estimate of drug-likeness (QED) is 0.771. The minimum atomic E-state index is 0.514. The Morgan fingerprint density at radius 2 is 1.74 bits per heavy atom. The van der Waals surface area contributed by atoms with E-state index in [1.54, 1.807) is 0 Å². The van der Waals surface area contributed by atoms with Crippen molar-refractivity contribution in [2.75, 3.05) is 6.54 Å². The Morgan fingerprint density at radius 3 is 2.26 bits per heavy atom. The zero-order valence-corrected chi connectivity index (χ0v) is 13.5. The van der Waals surface area contributed by atoms with E-state index in [2.05, 4.69) is 33.0 Å². The lowest BCUT2D eigenvalue weighted by Gasteiger charge is -2.45. The van der Waals surface area contributed by atoms with E-state index < -0.39 is 0 Å². The summed E-state index contributed by atoms with van der Waals surface area (Å²) in [6.45, 7) is 11.3. The summed E-state index contributed by atoms with van der Waals surface area (Å²) >= 11 is 0. The summed E-state index contributed by atoms with van der Waals surface area (Å²) in [4.78, 5) is 0. The lowest BCUT2D eigenvalue weighted by molar-refractivity contribution is 0.0937. The molecule has 3 aliphatic rings. The van der Waals surface area contributed by atoms with Gasteiger partial charge in [-0.15, -0.1) is 0 Å². The van der Waals surface area contributed by atoms with Crippen LogP contribution in [0.3, 0.4) is 0 Å². The highest BCUT2D eigenvalue weighted by Crippen LogP contribution is 2.62. The van der Waals surface area contributed by atoms with Crippen molar-refractivity contribution >= 4 is 0 Å². The van der Waals surface area contributed by atoms with Crippen molar-refractivity contribution in [2.24, 2.45) is 22.2 Å². The average molecular weight is 263 g/mol. The van der Waals surface area contributed by atoms with Gasteiger partial charge in [0, 0.05) is 12.6 Å². The first-order valence-electron chi connectivity index (χ1n) is 8.65. The molecule has 0 spiro atoms. The lowest BCUT2D eigenvalue weighted by Crippen LogP contribution is -2.52. The molecule has 0 aromatic heterocycles. The molecule has 1 nitrogen and oxygen atoms in total. The van der Waals surface area contributed by atoms with E-state index in [0.717, 1.165) is 12.0 Å². The van der Waals surface area contributed by atoms with E-state index in [1.807, 2.05) is 0 Å². The molecule has 0 radical (unpaired) electrons. The topological polar surface area (TPSA) is 12.0 Å². The molecule has 0 aromatic rings. The van der Waals surface area contributed by atoms with E-state index in [9.17, 15) is 0 Å². The predicted octanol–water partition coefficient (Wildman–Crippen LogP) is 4.76. The molecule has 0 aromatic carbocycles. The van der Waals surface area contributed by atoms with Crippen LogP contribution in [0.1, 0.15) is 79.1 Å². The molecule has 3 saturated carbocycles. The molecule has 3 rings (SSSR count). The summed E-state index contributed by atoms with van der Waals surface area (Å²) < 4.78 is 0. The second-order valence-corrected chi connectivity index (χ2v) is 8.79. The summed E-state index contributed by atoms with van der Waals surface area (Å²) in [7, 11) is 0. The molecular formula is C18H33N. The molecule has 2 bridgehead atoms. The van der Waals surface area contributed by atoms with Crippen LogP contribution in [-0.2, 0) is 0 Å². The SMILES string of the molecule is CCC1(CNC2C(C)(C)[C@H]3CC[C@]2(C)C3)CCCC1. The van der Waals surface area contributed by atoms with Gasteiger partial charge in [0.1, 0.15) is 0 Å². The molecule has 1 N–H and O–H groups in total. The number of rotatable bonds is 4. The Hall–Kier alpha value is -0.0400. The Labute approximate surface area is 119 Å². The summed E-state index contributed by atoms with van der Waals surface area (Å²) in [6.07, 6.45) is 11.6. The Kier molecular flexibility index (Phi) is 3.28.